The number of benzene rings is 1. The van der Waals surface area contributed by atoms with E-state index in [4.69, 9.17) is 11.6 Å². The highest BCUT2D eigenvalue weighted by Crippen LogP contribution is 2.35. The van der Waals surface area contributed by atoms with E-state index in [1.54, 1.807) is 17.4 Å². The van der Waals surface area contributed by atoms with E-state index in [9.17, 15) is 9.18 Å². The Morgan fingerprint density at radius 1 is 1.38 bits per heavy atom. The number of aromatic nitrogens is 1. The summed E-state index contributed by atoms with van der Waals surface area (Å²) in [4.78, 5) is 17.1. The number of nitrogens with one attached hydrogen (secondary N) is 1. The summed E-state index contributed by atoms with van der Waals surface area (Å²) in [7, 11) is 0. The first-order valence-electron chi connectivity index (χ1n) is 7.61. The van der Waals surface area contributed by atoms with Gasteiger partial charge in [-0.15, -0.1) is 22.7 Å². The summed E-state index contributed by atoms with van der Waals surface area (Å²) in [6, 6.07) is 4.36. The molecule has 0 unspecified atom stereocenters. The van der Waals surface area contributed by atoms with E-state index in [1.165, 1.54) is 23.5 Å². The van der Waals surface area contributed by atoms with E-state index in [1.807, 2.05) is 12.3 Å². The van der Waals surface area contributed by atoms with Crippen molar-refractivity contribution in [2.45, 2.75) is 26.2 Å². The molecule has 0 radical (unpaired) electrons. The number of hydrogen-bond donors (Lipinski definition) is 1. The third kappa shape index (κ3) is 3.94. The zero-order valence-electron chi connectivity index (χ0n) is 13.1. The Hall–Kier alpha value is -1.50. The molecule has 1 N–H and O–H groups in total. The minimum Gasteiger partial charge on any atom is -0.351 e. The Labute approximate surface area is 152 Å². The second-order valence-electron chi connectivity index (χ2n) is 5.48. The van der Waals surface area contributed by atoms with Gasteiger partial charge in [0.2, 0.25) is 0 Å². The molecule has 3 aromatic rings. The Morgan fingerprint density at radius 3 is 2.96 bits per heavy atom. The zero-order valence-corrected chi connectivity index (χ0v) is 15.5. The van der Waals surface area contributed by atoms with Crippen molar-refractivity contribution in [1.29, 1.82) is 0 Å². The van der Waals surface area contributed by atoms with Crippen molar-refractivity contribution in [2.24, 2.45) is 0 Å². The first-order valence-corrected chi connectivity index (χ1v) is 9.69. The van der Waals surface area contributed by atoms with Crippen molar-refractivity contribution < 1.29 is 9.18 Å². The van der Waals surface area contributed by atoms with Crippen LogP contribution < -0.4 is 5.32 Å². The Balaban J connectivity index is 1.52. The van der Waals surface area contributed by atoms with Crippen molar-refractivity contribution in [1.82, 2.24) is 10.3 Å². The molecular formula is C17H16ClFN2OS2. The standard InChI is InChI=1S/C17H16ClFN2OS2/c1-10-9-23-14(21-10)4-2-3-7-20-17(22)16-15(18)12-6-5-11(19)8-13(12)24-16/h5-6,8-9H,2-4,7H2,1H3,(H,20,22). The molecule has 0 saturated heterocycles. The first kappa shape index (κ1) is 17.3. The highest BCUT2D eigenvalue weighted by Gasteiger charge is 2.17. The normalized spacial score (nSPS) is 11.1. The van der Waals surface area contributed by atoms with Crippen LogP contribution in [-0.2, 0) is 6.42 Å². The van der Waals surface area contributed by atoms with Crippen molar-refractivity contribution in [3.05, 3.63) is 50.0 Å². The molecule has 0 saturated carbocycles. The van der Waals surface area contributed by atoms with Gasteiger partial charge < -0.3 is 5.32 Å². The van der Waals surface area contributed by atoms with Gasteiger partial charge in [0, 0.05) is 27.7 Å². The predicted molar refractivity (Wildman–Crippen MR) is 98.9 cm³/mol. The molecule has 0 aliphatic carbocycles. The second-order valence-corrected chi connectivity index (χ2v) is 7.85. The smallest absolute Gasteiger partial charge is 0.262 e. The monoisotopic (exact) mass is 382 g/mol. The van der Waals surface area contributed by atoms with Crippen molar-refractivity contribution in [2.75, 3.05) is 6.54 Å². The molecule has 1 aromatic carbocycles. The van der Waals surface area contributed by atoms with Crippen LogP contribution in [0.3, 0.4) is 0 Å². The number of carbonyl (C=O) groups is 1. The number of halogens is 2. The fourth-order valence-electron chi connectivity index (χ4n) is 2.39. The van der Waals surface area contributed by atoms with Crippen LogP contribution in [0.1, 0.15) is 33.2 Å². The maximum absolute atomic E-state index is 13.3. The molecule has 0 atom stereocenters. The van der Waals surface area contributed by atoms with E-state index in [-0.39, 0.29) is 11.7 Å². The molecular weight excluding hydrogens is 367 g/mol. The van der Waals surface area contributed by atoms with Crippen LogP contribution in [0.4, 0.5) is 4.39 Å². The lowest BCUT2D eigenvalue weighted by molar-refractivity contribution is 0.0957. The van der Waals surface area contributed by atoms with Crippen LogP contribution in [0.2, 0.25) is 5.02 Å². The average molecular weight is 383 g/mol. The number of amides is 1. The fraction of sp³-hybridized carbons (Fsp3) is 0.294. The molecule has 0 aliphatic heterocycles. The molecule has 126 valence electrons. The van der Waals surface area contributed by atoms with Crippen LogP contribution in [0.25, 0.3) is 10.1 Å². The summed E-state index contributed by atoms with van der Waals surface area (Å²) in [6.07, 6.45) is 2.78. The molecule has 7 heteroatoms. The van der Waals surface area contributed by atoms with Gasteiger partial charge in [-0.2, -0.15) is 0 Å². The van der Waals surface area contributed by atoms with Gasteiger partial charge >= 0.3 is 0 Å². The number of aryl methyl sites for hydroxylation is 2. The van der Waals surface area contributed by atoms with Crippen LogP contribution in [-0.4, -0.2) is 17.4 Å². The lowest BCUT2D eigenvalue weighted by atomic mass is 10.2. The molecule has 2 heterocycles. The van der Waals surface area contributed by atoms with E-state index in [0.717, 1.165) is 30.0 Å². The van der Waals surface area contributed by atoms with Gasteiger partial charge in [-0.05, 0) is 44.4 Å². The molecule has 0 spiro atoms. The van der Waals surface area contributed by atoms with Crippen LogP contribution in [0.5, 0.6) is 0 Å². The Kier molecular flexibility index (Phi) is 5.48. The molecule has 0 aliphatic rings. The van der Waals surface area contributed by atoms with Crippen molar-refractivity contribution in [3.8, 4) is 0 Å². The topological polar surface area (TPSA) is 42.0 Å². The van der Waals surface area contributed by atoms with E-state index in [2.05, 4.69) is 10.3 Å². The van der Waals surface area contributed by atoms with E-state index >= 15 is 0 Å². The first-order chi connectivity index (χ1) is 11.5. The SMILES string of the molecule is Cc1csc(CCCCNC(=O)c2sc3cc(F)ccc3c2Cl)n1. The minimum atomic E-state index is -0.329. The fourth-order valence-corrected chi connectivity index (χ4v) is 4.66. The largest absolute Gasteiger partial charge is 0.351 e. The maximum Gasteiger partial charge on any atom is 0.262 e. The predicted octanol–water partition coefficient (Wildman–Crippen LogP) is 5.21. The van der Waals surface area contributed by atoms with Gasteiger partial charge in [0.25, 0.3) is 5.91 Å². The molecule has 2 aromatic heterocycles. The van der Waals surface area contributed by atoms with Gasteiger partial charge in [0.1, 0.15) is 10.7 Å². The number of rotatable bonds is 6. The second kappa shape index (κ2) is 7.59. The summed E-state index contributed by atoms with van der Waals surface area (Å²) in [5, 5.41) is 7.17. The third-order valence-electron chi connectivity index (χ3n) is 3.57. The number of nitrogens with zero attached hydrogens (tertiary/aromatic N) is 1. The summed E-state index contributed by atoms with van der Waals surface area (Å²) in [5.41, 5.74) is 1.05. The zero-order chi connectivity index (χ0) is 17.1. The van der Waals surface area contributed by atoms with Crippen molar-refractivity contribution >= 4 is 50.3 Å². The van der Waals surface area contributed by atoms with Gasteiger partial charge in [0.15, 0.2) is 0 Å². The number of carbonyl (C=O) groups excluding carboxylic acids is 1. The summed E-state index contributed by atoms with van der Waals surface area (Å²) in [5.74, 6) is -0.531. The average Bonchev–Trinajstić information content (AvgIpc) is 3.10. The molecule has 0 fully saturated rings. The van der Waals surface area contributed by atoms with E-state index in [0.29, 0.717) is 26.5 Å². The summed E-state index contributed by atoms with van der Waals surface area (Å²) < 4.78 is 14.0. The highest BCUT2D eigenvalue weighted by molar-refractivity contribution is 7.21. The van der Waals surface area contributed by atoms with Gasteiger partial charge in [-0.3, -0.25) is 4.79 Å². The summed E-state index contributed by atoms with van der Waals surface area (Å²) in [6.45, 7) is 2.57. The highest BCUT2D eigenvalue weighted by atomic mass is 35.5. The molecule has 3 nitrogen and oxygen atoms in total. The maximum atomic E-state index is 13.3. The van der Waals surface area contributed by atoms with Gasteiger partial charge in [-0.25, -0.2) is 9.37 Å². The quantitative estimate of drug-likeness (QED) is 0.594. The molecule has 1 amide bonds. The third-order valence-corrected chi connectivity index (χ3v) is 6.25. The molecule has 24 heavy (non-hydrogen) atoms. The van der Waals surface area contributed by atoms with Gasteiger partial charge in [-0.1, -0.05) is 11.6 Å². The van der Waals surface area contributed by atoms with Crippen molar-refractivity contribution in [3.63, 3.8) is 0 Å². The Morgan fingerprint density at radius 2 is 2.21 bits per heavy atom. The lowest BCUT2D eigenvalue weighted by Crippen LogP contribution is -2.23. The van der Waals surface area contributed by atoms with Gasteiger partial charge in [0.05, 0.1) is 10.0 Å². The Bertz CT molecular complexity index is 875. The lowest BCUT2D eigenvalue weighted by Gasteiger charge is -2.03. The number of fused-ring (bicyclic) bond motifs is 1. The van der Waals surface area contributed by atoms with Crippen LogP contribution in [0, 0.1) is 12.7 Å². The summed E-state index contributed by atoms with van der Waals surface area (Å²) >= 11 is 9.14. The van der Waals surface area contributed by atoms with Crippen LogP contribution in [0.15, 0.2) is 23.6 Å². The number of thiophene rings is 1. The number of unbranched alkanes of at least 4 members (excludes halogenated alkanes) is 1. The number of thiazole rings is 1. The minimum absolute atomic E-state index is 0.202. The molecule has 3 rings (SSSR count). The molecule has 0 bridgehead atoms. The van der Waals surface area contributed by atoms with Crippen LogP contribution >= 0.6 is 34.3 Å². The van der Waals surface area contributed by atoms with E-state index < -0.39 is 0 Å². The number of hydrogen-bond acceptors (Lipinski definition) is 4.